The van der Waals surface area contributed by atoms with Crippen LogP contribution in [0.4, 0.5) is 24.7 Å². The Labute approximate surface area is 264 Å². The highest BCUT2D eigenvalue weighted by molar-refractivity contribution is 6.34. The SMILES string of the molecule is O=C(c1ccc(Nc2nccn3c(-c4cn[nH]c4C(F)(F)F)cnc23)cc1Cl)N1CCN(C(=O)[C@@H]2CCNC[C@@H]2O)CC1.O=CO. The van der Waals surface area contributed by atoms with E-state index < -0.39 is 23.9 Å². The Bertz CT molecular complexity index is 1720. The van der Waals surface area contributed by atoms with Gasteiger partial charge in [0.2, 0.25) is 5.91 Å². The second kappa shape index (κ2) is 13.7. The molecular weight excluding hydrogens is 635 g/mol. The fraction of sp³-hybridized carbons (Fsp3) is 0.357. The largest absolute Gasteiger partial charge is 0.483 e. The van der Waals surface area contributed by atoms with Gasteiger partial charge in [0.15, 0.2) is 11.5 Å². The zero-order chi connectivity index (χ0) is 33.0. The molecule has 14 nitrogen and oxygen atoms in total. The van der Waals surface area contributed by atoms with Crippen molar-refractivity contribution in [2.75, 3.05) is 44.6 Å². The molecule has 18 heteroatoms. The first kappa shape index (κ1) is 32.6. The van der Waals surface area contributed by atoms with Crippen LogP contribution >= 0.6 is 11.6 Å². The van der Waals surface area contributed by atoms with Crippen LogP contribution in [0.15, 0.2) is 43.0 Å². The van der Waals surface area contributed by atoms with E-state index in [4.69, 9.17) is 21.5 Å². The number of rotatable bonds is 5. The minimum absolute atomic E-state index is 0.0895. The van der Waals surface area contributed by atoms with Crippen LogP contribution < -0.4 is 10.6 Å². The fourth-order valence-electron chi connectivity index (χ4n) is 5.47. The van der Waals surface area contributed by atoms with E-state index in [1.54, 1.807) is 28.0 Å². The molecule has 2 aliphatic heterocycles. The van der Waals surface area contributed by atoms with E-state index in [2.05, 4.69) is 25.7 Å². The molecule has 0 aliphatic carbocycles. The highest BCUT2D eigenvalue weighted by Gasteiger charge is 2.37. The Kier molecular flexibility index (Phi) is 9.74. The van der Waals surface area contributed by atoms with Crippen molar-refractivity contribution in [1.82, 2.24) is 39.7 Å². The van der Waals surface area contributed by atoms with E-state index in [-0.39, 0.29) is 51.6 Å². The maximum absolute atomic E-state index is 13.4. The lowest BCUT2D eigenvalue weighted by molar-refractivity contribution is -0.142. The summed E-state index contributed by atoms with van der Waals surface area (Å²) in [6.07, 6.45) is 0.537. The highest BCUT2D eigenvalue weighted by Crippen LogP contribution is 2.36. The number of imidazole rings is 1. The van der Waals surface area contributed by atoms with E-state index >= 15 is 0 Å². The second-order valence-electron chi connectivity index (χ2n) is 10.5. The lowest BCUT2D eigenvalue weighted by Crippen LogP contribution is -2.55. The standard InChI is InChI=1S/C27H27ClF3N9O3.CH2O2/c28-19-11-15(36-23-24-34-13-20(40(24)6-5-33-23)18-12-35-37-22(18)27(29,30)31)1-2-16(19)25(42)38-7-9-39(10-8-38)26(43)17-3-4-32-14-21(17)41;2-1-3/h1-2,5-6,11-13,17,21,32,41H,3-4,7-10,14H2,(H,33,36)(H,35,37);1H,(H,2,3)/t17-,21+;/m1./s1. The summed E-state index contributed by atoms with van der Waals surface area (Å²) in [4.78, 5) is 46.4. The molecule has 2 amide bonds. The number of aromatic nitrogens is 5. The summed E-state index contributed by atoms with van der Waals surface area (Å²) < 4.78 is 41.7. The number of hydrogen-bond donors (Lipinski definition) is 5. The zero-order valence-corrected chi connectivity index (χ0v) is 24.8. The molecule has 0 unspecified atom stereocenters. The Hall–Kier alpha value is -4.74. The molecule has 5 heterocycles. The van der Waals surface area contributed by atoms with Gasteiger partial charge in [-0.05, 0) is 31.2 Å². The van der Waals surface area contributed by atoms with Crippen molar-refractivity contribution in [3.8, 4) is 11.3 Å². The van der Waals surface area contributed by atoms with Crippen LogP contribution in [0.2, 0.25) is 5.02 Å². The number of carboxylic acid groups (broad SMARTS) is 1. The number of fused-ring (bicyclic) bond motifs is 1. The van der Waals surface area contributed by atoms with Gasteiger partial charge < -0.3 is 30.6 Å². The van der Waals surface area contributed by atoms with Crippen LogP contribution in [0, 0.1) is 5.92 Å². The van der Waals surface area contributed by atoms with E-state index in [0.29, 0.717) is 51.4 Å². The van der Waals surface area contributed by atoms with Crippen LogP contribution in [0.25, 0.3) is 16.9 Å². The van der Waals surface area contributed by atoms with Crippen molar-refractivity contribution in [3.05, 3.63) is 59.3 Å². The first-order chi connectivity index (χ1) is 22.0. The molecule has 4 aromatic rings. The lowest BCUT2D eigenvalue weighted by Gasteiger charge is -2.38. The molecule has 6 rings (SSSR count). The maximum Gasteiger partial charge on any atom is 0.433 e. The Balaban J connectivity index is 0.00000134. The predicted octanol–water partition coefficient (Wildman–Crippen LogP) is 2.49. The number of anilines is 2. The predicted molar refractivity (Wildman–Crippen MR) is 158 cm³/mol. The van der Waals surface area contributed by atoms with Gasteiger partial charge in [0.05, 0.1) is 46.3 Å². The molecule has 2 fully saturated rings. The van der Waals surface area contributed by atoms with Crippen LogP contribution in [0.5, 0.6) is 0 Å². The number of β-amino-alcohol motifs (C(OH)–C–C–N with tert-alkyl or cyclic N) is 1. The molecule has 0 spiro atoms. The number of benzene rings is 1. The number of amides is 2. The molecule has 1 aromatic carbocycles. The van der Waals surface area contributed by atoms with Gasteiger partial charge in [0.1, 0.15) is 5.69 Å². The zero-order valence-electron chi connectivity index (χ0n) is 24.0. The minimum atomic E-state index is -4.62. The highest BCUT2D eigenvalue weighted by atomic mass is 35.5. The number of carbonyl (C=O) groups excluding carboxylic acids is 2. The molecule has 46 heavy (non-hydrogen) atoms. The third kappa shape index (κ3) is 6.75. The molecule has 2 aliphatic rings. The molecule has 0 saturated carbocycles. The second-order valence-corrected chi connectivity index (χ2v) is 10.9. The summed E-state index contributed by atoms with van der Waals surface area (Å²) in [5, 5.41) is 29.0. The van der Waals surface area contributed by atoms with Crippen molar-refractivity contribution in [2.24, 2.45) is 5.92 Å². The summed E-state index contributed by atoms with van der Waals surface area (Å²) in [7, 11) is 0. The Morgan fingerprint density at radius 2 is 1.83 bits per heavy atom. The van der Waals surface area contributed by atoms with Crippen molar-refractivity contribution in [1.29, 1.82) is 0 Å². The summed E-state index contributed by atoms with van der Waals surface area (Å²) in [5.74, 6) is -0.534. The molecule has 2 saturated heterocycles. The summed E-state index contributed by atoms with van der Waals surface area (Å²) in [6, 6.07) is 4.78. The van der Waals surface area contributed by atoms with Gasteiger partial charge >= 0.3 is 6.18 Å². The molecule has 0 radical (unpaired) electrons. The lowest BCUT2D eigenvalue weighted by atomic mass is 9.93. The number of nitrogens with one attached hydrogen (secondary N) is 3. The number of hydrogen-bond acceptors (Lipinski definition) is 9. The van der Waals surface area contributed by atoms with E-state index in [0.717, 1.165) is 6.20 Å². The topological polar surface area (TPSA) is 181 Å². The summed E-state index contributed by atoms with van der Waals surface area (Å²) in [5.41, 5.74) is 0.0803. The number of alkyl halides is 3. The van der Waals surface area contributed by atoms with E-state index in [9.17, 15) is 27.9 Å². The number of H-pyrrole nitrogens is 1. The quantitative estimate of drug-likeness (QED) is 0.199. The molecule has 5 N–H and O–H groups in total. The third-order valence-electron chi connectivity index (χ3n) is 7.73. The first-order valence-corrected chi connectivity index (χ1v) is 14.5. The average Bonchev–Trinajstić information content (AvgIpc) is 3.70. The molecule has 0 bridgehead atoms. The van der Waals surface area contributed by atoms with Crippen molar-refractivity contribution >= 4 is 47.0 Å². The van der Waals surface area contributed by atoms with Gasteiger partial charge in [-0.1, -0.05) is 11.6 Å². The number of nitrogens with zero attached hydrogens (tertiary/aromatic N) is 6. The fourth-order valence-corrected chi connectivity index (χ4v) is 5.73. The number of piperazine rings is 1. The molecule has 2 atom stereocenters. The van der Waals surface area contributed by atoms with Crippen LogP contribution in [-0.4, -0.2) is 108 Å². The van der Waals surface area contributed by atoms with Crippen molar-refractivity contribution in [3.63, 3.8) is 0 Å². The molecule has 3 aromatic heterocycles. The number of aliphatic hydroxyl groups is 1. The number of aromatic amines is 1. The number of carbonyl (C=O) groups is 3. The van der Waals surface area contributed by atoms with Crippen molar-refractivity contribution in [2.45, 2.75) is 18.7 Å². The molecule has 244 valence electrons. The summed E-state index contributed by atoms with van der Waals surface area (Å²) >= 11 is 6.51. The van der Waals surface area contributed by atoms with Crippen molar-refractivity contribution < 1.29 is 37.8 Å². The Morgan fingerprint density at radius 3 is 2.50 bits per heavy atom. The first-order valence-electron chi connectivity index (χ1n) is 14.1. The Morgan fingerprint density at radius 1 is 1.11 bits per heavy atom. The van der Waals surface area contributed by atoms with Gasteiger partial charge in [0, 0.05) is 50.8 Å². The minimum Gasteiger partial charge on any atom is -0.483 e. The third-order valence-corrected chi connectivity index (χ3v) is 8.05. The maximum atomic E-state index is 13.4. The summed E-state index contributed by atoms with van der Waals surface area (Å²) in [6.45, 7) is 2.22. The number of piperidine rings is 1. The van der Waals surface area contributed by atoms with E-state index in [1.807, 2.05) is 5.10 Å². The van der Waals surface area contributed by atoms with Gasteiger partial charge in [-0.15, -0.1) is 0 Å². The van der Waals surface area contributed by atoms with E-state index in [1.165, 1.54) is 23.0 Å². The number of halogens is 4. The van der Waals surface area contributed by atoms with Gasteiger partial charge in [0.25, 0.3) is 12.4 Å². The van der Waals surface area contributed by atoms with Gasteiger partial charge in [-0.25, -0.2) is 9.97 Å². The van der Waals surface area contributed by atoms with Crippen LogP contribution in [-0.2, 0) is 15.8 Å². The monoisotopic (exact) mass is 663 g/mol. The van der Waals surface area contributed by atoms with Crippen LogP contribution in [0.3, 0.4) is 0 Å². The smallest absolute Gasteiger partial charge is 0.433 e. The van der Waals surface area contributed by atoms with Gasteiger partial charge in [-0.3, -0.25) is 23.9 Å². The van der Waals surface area contributed by atoms with Gasteiger partial charge in [-0.2, -0.15) is 18.3 Å². The van der Waals surface area contributed by atoms with Crippen LogP contribution in [0.1, 0.15) is 22.5 Å². The normalized spacial score (nSPS) is 18.5. The number of aliphatic hydroxyl groups excluding tert-OH is 1. The molecular formula is C28H29ClF3N9O5. The average molecular weight is 664 g/mol.